The first-order valence-electron chi connectivity index (χ1n) is 12.6. The van der Waals surface area contributed by atoms with E-state index < -0.39 is 135 Å². The van der Waals surface area contributed by atoms with Crippen molar-refractivity contribution in [1.82, 2.24) is 29.9 Å². The van der Waals surface area contributed by atoms with Crippen LogP contribution in [0.2, 0.25) is 0 Å². The van der Waals surface area contributed by atoms with E-state index >= 15 is 26.3 Å². The van der Waals surface area contributed by atoms with Gasteiger partial charge in [0.1, 0.15) is 113 Å². The van der Waals surface area contributed by atoms with Gasteiger partial charge in [0.2, 0.25) is 0 Å². The SMILES string of the molecule is [C-]#[N+]c1c(F)c(C#N)c2nc3c4nc5c(F)c(C#N)c(F)c(C#N)c5nc4c4nc5c(F)c(C#N)c(F)c([N+]#[C-])c5nc4c3nc2c1F. The Bertz CT molecular complexity index is 2690. The Hall–Kier alpha value is -7.80. The van der Waals surface area contributed by atoms with Crippen LogP contribution < -0.4 is 0 Å². The van der Waals surface area contributed by atoms with Crippen LogP contribution in [0.3, 0.4) is 0 Å². The summed E-state index contributed by atoms with van der Waals surface area (Å²) < 4.78 is 91.5. The molecule has 4 aromatic carbocycles. The van der Waals surface area contributed by atoms with E-state index in [1.807, 2.05) is 0 Å². The maximum atomic E-state index is 15.5. The van der Waals surface area contributed by atoms with Crippen LogP contribution in [0.15, 0.2) is 0 Å². The summed E-state index contributed by atoms with van der Waals surface area (Å²) in [6.07, 6.45) is 0. The van der Waals surface area contributed by atoms with Gasteiger partial charge in [-0.25, -0.2) is 61.0 Å². The van der Waals surface area contributed by atoms with Crippen LogP contribution in [0.25, 0.3) is 75.9 Å². The number of halogens is 6. The fourth-order valence-corrected chi connectivity index (χ4v) is 5.18. The van der Waals surface area contributed by atoms with Crippen molar-refractivity contribution in [3.05, 3.63) is 80.0 Å². The van der Waals surface area contributed by atoms with Crippen molar-refractivity contribution >= 4 is 77.6 Å². The van der Waals surface area contributed by atoms with E-state index in [2.05, 4.69) is 39.6 Å². The molecule has 0 saturated heterocycles. The second-order valence-electron chi connectivity index (χ2n) is 9.61. The largest absolute Gasteiger partial charge is 0.260 e. The van der Waals surface area contributed by atoms with E-state index in [1.165, 1.54) is 24.3 Å². The molecule has 18 heteroatoms. The summed E-state index contributed by atoms with van der Waals surface area (Å²) in [5, 5.41) is 38.0. The molecule has 0 unspecified atom stereocenters. The normalized spacial score (nSPS) is 11.0. The lowest BCUT2D eigenvalue weighted by atomic mass is 10.1. The molecule has 0 aliphatic rings. The highest BCUT2D eigenvalue weighted by molar-refractivity contribution is 6.21. The highest BCUT2D eigenvalue weighted by Gasteiger charge is 2.30. The van der Waals surface area contributed by atoms with E-state index in [0.717, 1.165) is 0 Å². The highest BCUT2D eigenvalue weighted by Crippen LogP contribution is 2.40. The molecule has 222 valence electrons. The van der Waals surface area contributed by atoms with Gasteiger partial charge >= 0.3 is 0 Å². The molecule has 0 bridgehead atoms. The molecule has 0 aliphatic heterocycles. The van der Waals surface area contributed by atoms with E-state index in [1.54, 1.807) is 0 Å². The number of hydrogen-bond acceptors (Lipinski definition) is 10. The number of benzene rings is 4. The quantitative estimate of drug-likeness (QED) is 0.0777. The number of aromatic nitrogens is 6. The van der Waals surface area contributed by atoms with E-state index in [9.17, 15) is 21.0 Å². The standard InChI is InChI=1S/C30F6N12/c1-41-19-15(35)10(6-40)18-23(16(19)36)47-29-26(44-18)27-25(43-17-9(5-39)11(31)7(3-37)13(33)21(17)45-27)28-30(29)48-24-20(42-2)12(32)8(4-38)14(34)22(24)46-28. The maximum Gasteiger partial charge on any atom is 0.260 e. The van der Waals surface area contributed by atoms with Gasteiger partial charge in [-0.05, 0) is 0 Å². The summed E-state index contributed by atoms with van der Waals surface area (Å²) >= 11 is 0. The zero-order chi connectivity index (χ0) is 34.3. The third-order valence-electron chi connectivity index (χ3n) is 7.29. The zero-order valence-corrected chi connectivity index (χ0v) is 22.6. The minimum absolute atomic E-state index is 0.541. The summed E-state index contributed by atoms with van der Waals surface area (Å²) in [6.45, 7) is 14.6. The molecular weight excluding hydrogens is 642 g/mol. The molecule has 0 fully saturated rings. The van der Waals surface area contributed by atoms with Crippen molar-refractivity contribution in [1.29, 1.82) is 21.0 Å². The van der Waals surface area contributed by atoms with Crippen LogP contribution in [0.1, 0.15) is 22.3 Å². The molecule has 0 radical (unpaired) electrons. The number of rotatable bonds is 0. The first kappa shape index (κ1) is 28.9. The van der Waals surface area contributed by atoms with E-state index in [4.69, 9.17) is 13.1 Å². The Kier molecular flexibility index (Phi) is 5.94. The number of fused-ring (bicyclic) bond motifs is 9. The first-order chi connectivity index (χ1) is 23.1. The molecule has 7 rings (SSSR count). The number of nitrogens with zero attached hydrogens (tertiary/aromatic N) is 12. The highest BCUT2D eigenvalue weighted by atomic mass is 19.2. The zero-order valence-electron chi connectivity index (χ0n) is 22.6. The van der Waals surface area contributed by atoms with Crippen LogP contribution in [-0.4, -0.2) is 29.9 Å². The molecule has 0 atom stereocenters. The molecule has 7 aromatic rings. The van der Waals surface area contributed by atoms with Crippen LogP contribution in [0, 0.1) is 93.4 Å². The predicted molar refractivity (Wildman–Crippen MR) is 149 cm³/mol. The average Bonchev–Trinajstić information content (AvgIpc) is 3.08. The fraction of sp³-hybridized carbons (Fsp3) is 0. The third kappa shape index (κ3) is 3.43. The van der Waals surface area contributed by atoms with Crippen molar-refractivity contribution in [2.45, 2.75) is 0 Å². The first-order valence-corrected chi connectivity index (χ1v) is 12.6. The minimum Gasteiger partial charge on any atom is -0.253 e. The van der Waals surface area contributed by atoms with Crippen LogP contribution in [0.5, 0.6) is 0 Å². The molecule has 0 amide bonds. The summed E-state index contributed by atoms with van der Waals surface area (Å²) in [5.74, 6) is -9.45. The molecule has 0 saturated carbocycles. The molecule has 3 aromatic heterocycles. The maximum absolute atomic E-state index is 15.5. The third-order valence-corrected chi connectivity index (χ3v) is 7.29. The minimum atomic E-state index is -1.59. The van der Waals surface area contributed by atoms with Gasteiger partial charge in [0.05, 0.1) is 13.1 Å². The van der Waals surface area contributed by atoms with Gasteiger partial charge in [0.15, 0.2) is 34.9 Å². The second kappa shape index (κ2) is 9.85. The van der Waals surface area contributed by atoms with Gasteiger partial charge in [-0.2, -0.15) is 21.0 Å². The summed E-state index contributed by atoms with van der Waals surface area (Å²) in [7, 11) is 0. The van der Waals surface area contributed by atoms with Gasteiger partial charge < -0.3 is 0 Å². The summed E-state index contributed by atoms with van der Waals surface area (Å²) in [5.41, 5.74) is -14.6. The van der Waals surface area contributed by atoms with Gasteiger partial charge in [-0.15, -0.1) is 0 Å². The Morgan fingerprint density at radius 2 is 0.667 bits per heavy atom. The number of nitriles is 4. The Balaban J connectivity index is 1.87. The van der Waals surface area contributed by atoms with Gasteiger partial charge in [-0.1, -0.05) is 0 Å². The van der Waals surface area contributed by atoms with Gasteiger partial charge in [0.25, 0.3) is 11.4 Å². The monoisotopic (exact) mass is 642 g/mol. The average molecular weight is 642 g/mol. The summed E-state index contributed by atoms with van der Waals surface area (Å²) in [4.78, 5) is 30.4. The van der Waals surface area contributed by atoms with Crippen LogP contribution >= 0.6 is 0 Å². The molecular formula is C30F6N12. The Morgan fingerprint density at radius 3 is 1.08 bits per heavy atom. The second-order valence-corrected chi connectivity index (χ2v) is 9.61. The van der Waals surface area contributed by atoms with E-state index in [0.29, 0.717) is 0 Å². The lowest BCUT2D eigenvalue weighted by Crippen LogP contribution is -2.05. The molecule has 0 N–H and O–H groups in total. The molecule has 0 spiro atoms. The van der Waals surface area contributed by atoms with Crippen molar-refractivity contribution in [2.75, 3.05) is 0 Å². The van der Waals surface area contributed by atoms with Gasteiger partial charge in [0, 0.05) is 0 Å². The molecule has 12 nitrogen and oxygen atoms in total. The summed E-state index contributed by atoms with van der Waals surface area (Å²) in [6, 6.07) is 5.47. The smallest absolute Gasteiger partial charge is 0.253 e. The van der Waals surface area contributed by atoms with Crippen LogP contribution in [0.4, 0.5) is 37.7 Å². The van der Waals surface area contributed by atoms with Crippen molar-refractivity contribution in [3.8, 4) is 24.3 Å². The molecule has 0 aliphatic carbocycles. The topological polar surface area (TPSA) is 181 Å². The van der Waals surface area contributed by atoms with Crippen molar-refractivity contribution < 1.29 is 26.3 Å². The van der Waals surface area contributed by atoms with Gasteiger partial charge in [-0.3, -0.25) is 4.98 Å². The molecule has 48 heavy (non-hydrogen) atoms. The number of hydrogen-bond donors (Lipinski definition) is 0. The lowest BCUT2D eigenvalue weighted by Gasteiger charge is -2.13. The van der Waals surface area contributed by atoms with Crippen LogP contribution in [-0.2, 0) is 0 Å². The molecule has 3 heterocycles. The van der Waals surface area contributed by atoms with Crippen molar-refractivity contribution in [2.24, 2.45) is 0 Å². The Morgan fingerprint density at radius 1 is 0.354 bits per heavy atom. The fourth-order valence-electron chi connectivity index (χ4n) is 5.18. The lowest BCUT2D eigenvalue weighted by molar-refractivity contribution is 0.581. The predicted octanol–water partition coefficient (Wildman–Crippen LogP) is 6.40. The van der Waals surface area contributed by atoms with E-state index in [-0.39, 0.29) is 0 Å². The Labute approximate surface area is 259 Å². The van der Waals surface area contributed by atoms with Crippen molar-refractivity contribution in [3.63, 3.8) is 0 Å².